The van der Waals surface area contributed by atoms with E-state index in [0.717, 1.165) is 18.0 Å². The molecule has 0 fully saturated rings. The highest BCUT2D eigenvalue weighted by molar-refractivity contribution is 7.80. The van der Waals surface area contributed by atoms with Crippen LogP contribution in [0.3, 0.4) is 0 Å². The largest absolute Gasteiger partial charge is 0.308 e. The second-order valence-electron chi connectivity index (χ2n) is 5.75. The van der Waals surface area contributed by atoms with E-state index in [9.17, 15) is 4.79 Å². The number of nitrogens with zero attached hydrogens (tertiary/aromatic N) is 1. The first-order valence-corrected chi connectivity index (χ1v) is 7.70. The summed E-state index contributed by atoms with van der Waals surface area (Å²) in [5.41, 5.74) is 0.733. The molecule has 104 valence electrons. The maximum Gasteiger partial charge on any atom is 0.231 e. The van der Waals surface area contributed by atoms with Crippen LogP contribution in [0.5, 0.6) is 0 Å². The lowest BCUT2D eigenvalue weighted by Crippen LogP contribution is -2.41. The minimum Gasteiger partial charge on any atom is -0.308 e. The zero-order chi connectivity index (χ0) is 14.0. The number of fused-ring (bicyclic) bond motifs is 1. The Balaban J connectivity index is 1.96. The fraction of sp³-hybridized carbons (Fsp3) is 0.615. The zero-order valence-electron chi connectivity index (χ0n) is 11.5. The standard InChI is InChI=1S/C13H19N3OS2/c1-13(2,3)10(17)15-11(18)16-12-14-8-6-4-5-7-9(8)19-12/h4-7H2,1-3H3,(H2,14,15,16,17,18). The maximum absolute atomic E-state index is 11.8. The minimum atomic E-state index is -0.451. The van der Waals surface area contributed by atoms with Crippen LogP contribution in [0.1, 0.15) is 44.2 Å². The highest BCUT2D eigenvalue weighted by Crippen LogP contribution is 2.29. The summed E-state index contributed by atoms with van der Waals surface area (Å²) in [6.07, 6.45) is 4.60. The summed E-state index contributed by atoms with van der Waals surface area (Å²) in [6, 6.07) is 0. The first-order valence-electron chi connectivity index (χ1n) is 6.47. The number of anilines is 1. The van der Waals surface area contributed by atoms with Gasteiger partial charge >= 0.3 is 0 Å². The van der Waals surface area contributed by atoms with Gasteiger partial charge in [-0.15, -0.1) is 11.3 Å². The highest BCUT2D eigenvalue weighted by Gasteiger charge is 2.22. The highest BCUT2D eigenvalue weighted by atomic mass is 32.1. The van der Waals surface area contributed by atoms with Crippen molar-refractivity contribution in [3.8, 4) is 0 Å². The van der Waals surface area contributed by atoms with Crippen molar-refractivity contribution in [2.45, 2.75) is 46.5 Å². The number of aromatic nitrogens is 1. The van der Waals surface area contributed by atoms with Crippen molar-refractivity contribution in [2.75, 3.05) is 5.32 Å². The van der Waals surface area contributed by atoms with Crippen molar-refractivity contribution in [1.82, 2.24) is 10.3 Å². The Kier molecular flexibility index (Phi) is 4.20. The van der Waals surface area contributed by atoms with Crippen LogP contribution >= 0.6 is 23.6 Å². The second-order valence-corrected chi connectivity index (χ2v) is 7.25. The molecule has 4 nitrogen and oxygen atoms in total. The van der Waals surface area contributed by atoms with Crippen LogP contribution in [0.4, 0.5) is 5.13 Å². The Morgan fingerprint density at radius 2 is 2.00 bits per heavy atom. The summed E-state index contributed by atoms with van der Waals surface area (Å²) < 4.78 is 0. The lowest BCUT2D eigenvalue weighted by atomic mass is 9.96. The average Bonchev–Trinajstić information content (AvgIpc) is 2.69. The van der Waals surface area contributed by atoms with E-state index in [-0.39, 0.29) is 5.91 Å². The number of hydrogen-bond acceptors (Lipinski definition) is 4. The number of aryl methyl sites for hydroxylation is 2. The van der Waals surface area contributed by atoms with Crippen LogP contribution in [-0.2, 0) is 17.6 Å². The smallest absolute Gasteiger partial charge is 0.231 e. The number of amides is 1. The molecule has 19 heavy (non-hydrogen) atoms. The Morgan fingerprint density at radius 1 is 1.32 bits per heavy atom. The van der Waals surface area contributed by atoms with Crippen LogP contribution in [0.2, 0.25) is 0 Å². The van der Waals surface area contributed by atoms with E-state index in [1.165, 1.54) is 23.4 Å². The van der Waals surface area contributed by atoms with E-state index in [0.29, 0.717) is 5.11 Å². The number of hydrogen-bond donors (Lipinski definition) is 2. The SMILES string of the molecule is CC(C)(C)C(=O)NC(=S)Nc1nc2c(s1)CCCC2. The topological polar surface area (TPSA) is 54.0 Å². The lowest BCUT2D eigenvalue weighted by Gasteiger charge is -2.17. The summed E-state index contributed by atoms with van der Waals surface area (Å²) >= 11 is 6.78. The van der Waals surface area contributed by atoms with Crippen molar-refractivity contribution in [1.29, 1.82) is 0 Å². The molecule has 0 saturated heterocycles. The Labute approximate surface area is 123 Å². The number of carbonyl (C=O) groups is 1. The van der Waals surface area contributed by atoms with Gasteiger partial charge in [-0.05, 0) is 37.9 Å². The van der Waals surface area contributed by atoms with Crippen LogP contribution in [0.15, 0.2) is 0 Å². The van der Waals surface area contributed by atoms with Gasteiger partial charge in [0.25, 0.3) is 0 Å². The molecular weight excluding hydrogens is 278 g/mol. The molecule has 0 saturated carbocycles. The molecular formula is C13H19N3OS2. The average molecular weight is 297 g/mol. The normalized spacial score (nSPS) is 14.7. The van der Waals surface area contributed by atoms with Crippen LogP contribution in [-0.4, -0.2) is 16.0 Å². The van der Waals surface area contributed by atoms with Crippen molar-refractivity contribution in [3.63, 3.8) is 0 Å². The number of nitrogens with one attached hydrogen (secondary N) is 2. The Morgan fingerprint density at radius 3 is 2.63 bits per heavy atom. The first kappa shape index (κ1) is 14.4. The molecule has 0 aliphatic heterocycles. The molecule has 1 heterocycles. The van der Waals surface area contributed by atoms with Crippen LogP contribution in [0.25, 0.3) is 0 Å². The molecule has 1 aromatic rings. The number of rotatable bonds is 1. The van der Waals surface area contributed by atoms with Crippen molar-refractivity contribution >= 4 is 39.7 Å². The van der Waals surface area contributed by atoms with Crippen molar-refractivity contribution < 1.29 is 4.79 Å². The fourth-order valence-corrected chi connectivity index (χ4v) is 3.13. The van der Waals surface area contributed by atoms with E-state index in [1.54, 1.807) is 11.3 Å². The summed E-state index contributed by atoms with van der Waals surface area (Å²) in [5, 5.41) is 6.81. The summed E-state index contributed by atoms with van der Waals surface area (Å²) in [7, 11) is 0. The van der Waals surface area contributed by atoms with Gasteiger partial charge in [-0.2, -0.15) is 0 Å². The molecule has 0 bridgehead atoms. The van der Waals surface area contributed by atoms with Gasteiger partial charge in [0.15, 0.2) is 10.2 Å². The number of thiazole rings is 1. The first-order chi connectivity index (χ1) is 8.86. The van der Waals surface area contributed by atoms with Crippen LogP contribution in [0, 0.1) is 5.41 Å². The van der Waals surface area contributed by atoms with E-state index < -0.39 is 5.41 Å². The predicted octanol–water partition coefficient (Wildman–Crippen LogP) is 2.88. The van der Waals surface area contributed by atoms with E-state index in [2.05, 4.69) is 15.6 Å². The fourth-order valence-electron chi connectivity index (χ4n) is 1.82. The van der Waals surface area contributed by atoms with Gasteiger partial charge in [-0.1, -0.05) is 20.8 Å². The van der Waals surface area contributed by atoms with Crippen LogP contribution < -0.4 is 10.6 Å². The number of carbonyl (C=O) groups excluding carboxylic acids is 1. The molecule has 0 unspecified atom stereocenters. The zero-order valence-corrected chi connectivity index (χ0v) is 13.1. The molecule has 1 aromatic heterocycles. The molecule has 2 N–H and O–H groups in total. The summed E-state index contributed by atoms with van der Waals surface area (Å²) in [5.74, 6) is -0.0914. The van der Waals surface area contributed by atoms with Gasteiger partial charge in [-0.3, -0.25) is 4.79 Å². The molecule has 2 rings (SSSR count). The lowest BCUT2D eigenvalue weighted by molar-refractivity contribution is -0.126. The van der Waals surface area contributed by atoms with Gasteiger partial charge in [0.1, 0.15) is 0 Å². The van der Waals surface area contributed by atoms with E-state index >= 15 is 0 Å². The predicted molar refractivity (Wildman–Crippen MR) is 82.6 cm³/mol. The second kappa shape index (κ2) is 5.54. The Bertz CT molecular complexity index is 479. The van der Waals surface area contributed by atoms with E-state index in [1.807, 2.05) is 20.8 Å². The van der Waals surface area contributed by atoms with Gasteiger partial charge in [0, 0.05) is 10.3 Å². The monoisotopic (exact) mass is 297 g/mol. The third-order valence-electron chi connectivity index (χ3n) is 2.97. The van der Waals surface area contributed by atoms with Gasteiger partial charge < -0.3 is 10.6 Å². The molecule has 0 spiro atoms. The summed E-state index contributed by atoms with van der Waals surface area (Å²) in [4.78, 5) is 17.7. The molecule has 1 amide bonds. The number of thiocarbonyl (C=S) groups is 1. The van der Waals surface area contributed by atoms with Crippen molar-refractivity contribution in [2.24, 2.45) is 5.41 Å². The maximum atomic E-state index is 11.8. The van der Waals surface area contributed by atoms with Gasteiger partial charge in [0.05, 0.1) is 5.69 Å². The third kappa shape index (κ3) is 3.73. The minimum absolute atomic E-state index is 0.0914. The molecule has 0 radical (unpaired) electrons. The molecule has 6 heteroatoms. The molecule has 0 atom stereocenters. The van der Waals surface area contributed by atoms with Crippen molar-refractivity contribution in [3.05, 3.63) is 10.6 Å². The van der Waals surface area contributed by atoms with Gasteiger partial charge in [-0.25, -0.2) is 4.98 Å². The molecule has 1 aliphatic rings. The Hall–Kier alpha value is -1.01. The quantitative estimate of drug-likeness (QED) is 0.783. The molecule has 0 aromatic carbocycles. The summed E-state index contributed by atoms with van der Waals surface area (Å²) in [6.45, 7) is 5.56. The molecule has 1 aliphatic carbocycles. The third-order valence-corrected chi connectivity index (χ3v) is 4.25. The van der Waals surface area contributed by atoms with Gasteiger partial charge in [0.2, 0.25) is 5.91 Å². The van der Waals surface area contributed by atoms with E-state index in [4.69, 9.17) is 12.2 Å².